The molecule has 4 aliphatic heterocycles. The van der Waals surface area contributed by atoms with Gasteiger partial charge in [-0.3, -0.25) is 39.1 Å². The van der Waals surface area contributed by atoms with E-state index in [2.05, 4.69) is 37.5 Å². The van der Waals surface area contributed by atoms with Crippen molar-refractivity contribution in [2.45, 2.75) is 57.0 Å². The van der Waals surface area contributed by atoms with Gasteiger partial charge in [-0.15, -0.1) is 0 Å². The average Bonchev–Trinajstić information content (AvgIpc) is 3.28. The number of hydrogen-bond donors (Lipinski definition) is 2. The summed E-state index contributed by atoms with van der Waals surface area (Å²) in [6, 6.07) is 12.7. The molecular weight excluding hydrogens is 572 g/mol. The van der Waals surface area contributed by atoms with Crippen LogP contribution in [0.15, 0.2) is 42.5 Å². The summed E-state index contributed by atoms with van der Waals surface area (Å²) in [5.74, 6) is -1.32. The molecule has 0 spiro atoms. The maximum absolute atomic E-state index is 13.2. The van der Waals surface area contributed by atoms with E-state index in [1.807, 2.05) is 18.2 Å². The Hall–Kier alpha value is -4.25. The van der Waals surface area contributed by atoms with Gasteiger partial charge < -0.3 is 15.1 Å². The van der Waals surface area contributed by atoms with Crippen molar-refractivity contribution in [1.82, 2.24) is 20.4 Å². The lowest BCUT2D eigenvalue weighted by molar-refractivity contribution is -0.136. The number of piperazine rings is 1. The molecule has 2 aromatic carbocycles. The summed E-state index contributed by atoms with van der Waals surface area (Å²) >= 11 is 0. The first-order valence-electron chi connectivity index (χ1n) is 16.3. The second kappa shape index (κ2) is 12.3. The van der Waals surface area contributed by atoms with Crippen molar-refractivity contribution in [3.05, 3.63) is 59.2 Å². The lowest BCUT2D eigenvalue weighted by Crippen LogP contribution is -2.55. The zero-order chi connectivity index (χ0) is 31.1. The predicted octanol–water partition coefficient (Wildman–Crippen LogP) is 2.41. The molecule has 2 N–H and O–H groups in total. The molecule has 4 fully saturated rings. The number of amides is 5. The zero-order valence-corrected chi connectivity index (χ0v) is 25.5. The quantitative estimate of drug-likeness (QED) is 0.458. The van der Waals surface area contributed by atoms with Crippen LogP contribution in [0.2, 0.25) is 0 Å². The minimum absolute atomic E-state index is 0.0308. The third kappa shape index (κ3) is 5.93. The number of hydrogen-bond acceptors (Lipinski definition) is 8. The summed E-state index contributed by atoms with van der Waals surface area (Å²) in [7, 11) is 0. The van der Waals surface area contributed by atoms with E-state index in [-0.39, 0.29) is 24.7 Å². The van der Waals surface area contributed by atoms with Gasteiger partial charge in [-0.05, 0) is 61.7 Å². The topological polar surface area (TPSA) is 122 Å². The highest BCUT2D eigenvalue weighted by Gasteiger charge is 2.45. The van der Waals surface area contributed by atoms with Gasteiger partial charge in [-0.25, -0.2) is 0 Å². The fourth-order valence-corrected chi connectivity index (χ4v) is 7.44. The van der Waals surface area contributed by atoms with Crippen molar-refractivity contribution >= 4 is 40.9 Å². The SMILES string of the molecule is O=C1CCC(N2C(=O)c3ccc(N4CCN(CC5CN(c6ccc(C(=O)NC7CCCCC7)cc6)C5)CC4)cc3C2=O)C(=O)N1. The highest BCUT2D eigenvalue weighted by Crippen LogP contribution is 2.32. The number of imide groups is 2. The molecule has 1 unspecified atom stereocenters. The highest BCUT2D eigenvalue weighted by atomic mass is 16.2. The number of carbonyl (C=O) groups is 5. The summed E-state index contributed by atoms with van der Waals surface area (Å²) in [6.45, 7) is 6.49. The zero-order valence-electron chi connectivity index (χ0n) is 25.5. The maximum atomic E-state index is 13.2. The monoisotopic (exact) mass is 612 g/mol. The Labute approximate surface area is 262 Å². The number of rotatable bonds is 7. The lowest BCUT2D eigenvalue weighted by atomic mass is 9.95. The van der Waals surface area contributed by atoms with Crippen LogP contribution in [-0.4, -0.2) is 97.2 Å². The highest BCUT2D eigenvalue weighted by molar-refractivity contribution is 6.23. The predicted molar refractivity (Wildman–Crippen MR) is 168 cm³/mol. The normalized spacial score (nSPS) is 23.2. The van der Waals surface area contributed by atoms with Crippen molar-refractivity contribution < 1.29 is 24.0 Å². The summed E-state index contributed by atoms with van der Waals surface area (Å²) in [4.78, 5) is 70.9. The van der Waals surface area contributed by atoms with Gasteiger partial charge in [-0.2, -0.15) is 0 Å². The van der Waals surface area contributed by atoms with Crippen LogP contribution in [0.25, 0.3) is 0 Å². The Morgan fingerprint density at radius 3 is 2.18 bits per heavy atom. The van der Waals surface area contributed by atoms with E-state index in [4.69, 9.17) is 0 Å². The van der Waals surface area contributed by atoms with Gasteiger partial charge in [-0.1, -0.05) is 19.3 Å². The lowest BCUT2D eigenvalue weighted by Gasteiger charge is -2.45. The fraction of sp³-hybridized carbons (Fsp3) is 0.500. The molecule has 236 valence electrons. The Morgan fingerprint density at radius 1 is 0.778 bits per heavy atom. The summed E-state index contributed by atoms with van der Waals surface area (Å²) in [5, 5.41) is 5.43. The third-order valence-corrected chi connectivity index (χ3v) is 10.1. The molecule has 5 aliphatic rings. The molecule has 0 bridgehead atoms. The van der Waals surface area contributed by atoms with Gasteiger partial charge in [0.05, 0.1) is 11.1 Å². The molecule has 5 amide bonds. The molecule has 1 aliphatic carbocycles. The van der Waals surface area contributed by atoms with E-state index in [0.29, 0.717) is 23.1 Å². The second-order valence-electron chi connectivity index (χ2n) is 13.1. The smallest absolute Gasteiger partial charge is 0.262 e. The third-order valence-electron chi connectivity index (χ3n) is 10.1. The van der Waals surface area contributed by atoms with E-state index in [1.165, 1.54) is 19.3 Å². The molecule has 3 saturated heterocycles. The van der Waals surface area contributed by atoms with E-state index in [9.17, 15) is 24.0 Å². The number of benzene rings is 2. The average molecular weight is 613 g/mol. The van der Waals surface area contributed by atoms with Gasteiger partial charge in [0.2, 0.25) is 11.8 Å². The summed E-state index contributed by atoms with van der Waals surface area (Å²) in [6.07, 6.45) is 6.08. The Balaban J connectivity index is 0.877. The molecular formula is C34H40N6O5. The van der Waals surface area contributed by atoms with Crippen molar-refractivity contribution in [2.75, 3.05) is 55.6 Å². The molecule has 7 rings (SSSR count). The molecule has 0 aromatic heterocycles. The second-order valence-corrected chi connectivity index (χ2v) is 13.1. The molecule has 2 aromatic rings. The van der Waals surface area contributed by atoms with Crippen molar-refractivity contribution in [3.63, 3.8) is 0 Å². The van der Waals surface area contributed by atoms with E-state index >= 15 is 0 Å². The van der Waals surface area contributed by atoms with Crippen LogP contribution in [0.3, 0.4) is 0 Å². The minimum Gasteiger partial charge on any atom is -0.371 e. The Kier molecular flexibility index (Phi) is 8.03. The van der Waals surface area contributed by atoms with Gasteiger partial charge in [0.15, 0.2) is 0 Å². The standard InChI is InChI=1S/C34H40N6O5/c41-30-13-12-29(32(43)36-30)40-33(44)27-11-10-26(18-28(27)34(40)45)38-16-14-37(15-17-38)19-22-20-39(21-22)25-8-6-23(7-9-25)31(42)35-24-4-2-1-3-5-24/h6-11,18,22,24,29H,1-5,12-17,19-21H2,(H,35,42)(H,36,41,43). The van der Waals surface area contributed by atoms with E-state index in [0.717, 1.165) is 80.5 Å². The van der Waals surface area contributed by atoms with Crippen molar-refractivity contribution in [1.29, 1.82) is 0 Å². The first kappa shape index (κ1) is 29.5. The molecule has 4 heterocycles. The fourth-order valence-electron chi connectivity index (χ4n) is 7.44. The number of nitrogens with zero attached hydrogens (tertiary/aromatic N) is 4. The van der Waals surface area contributed by atoms with Crippen LogP contribution in [0.1, 0.15) is 76.0 Å². The number of piperidine rings is 1. The summed E-state index contributed by atoms with van der Waals surface area (Å²) in [5.41, 5.74) is 3.40. The Bertz CT molecular complexity index is 1510. The first-order chi connectivity index (χ1) is 21.8. The minimum atomic E-state index is -0.957. The molecule has 11 heteroatoms. The molecule has 1 saturated carbocycles. The molecule has 0 radical (unpaired) electrons. The largest absolute Gasteiger partial charge is 0.371 e. The number of fused-ring (bicyclic) bond motifs is 1. The van der Waals surface area contributed by atoms with Gasteiger partial charge in [0.25, 0.3) is 17.7 Å². The van der Waals surface area contributed by atoms with Crippen LogP contribution in [0, 0.1) is 5.92 Å². The van der Waals surface area contributed by atoms with Crippen molar-refractivity contribution in [2.24, 2.45) is 5.92 Å². The van der Waals surface area contributed by atoms with Gasteiger partial charge in [0.1, 0.15) is 6.04 Å². The van der Waals surface area contributed by atoms with Crippen LogP contribution in [0.4, 0.5) is 11.4 Å². The summed E-state index contributed by atoms with van der Waals surface area (Å²) < 4.78 is 0. The van der Waals surface area contributed by atoms with Crippen LogP contribution in [-0.2, 0) is 9.59 Å². The molecule has 1 atom stereocenters. The number of nitrogens with one attached hydrogen (secondary N) is 2. The Morgan fingerprint density at radius 2 is 1.47 bits per heavy atom. The number of carbonyl (C=O) groups excluding carboxylic acids is 5. The van der Waals surface area contributed by atoms with Crippen LogP contribution < -0.4 is 20.4 Å². The van der Waals surface area contributed by atoms with Gasteiger partial charge in [0, 0.05) is 81.1 Å². The van der Waals surface area contributed by atoms with E-state index < -0.39 is 23.8 Å². The van der Waals surface area contributed by atoms with E-state index in [1.54, 1.807) is 12.1 Å². The number of anilines is 2. The van der Waals surface area contributed by atoms with Gasteiger partial charge >= 0.3 is 0 Å². The van der Waals surface area contributed by atoms with Crippen molar-refractivity contribution in [3.8, 4) is 0 Å². The van der Waals surface area contributed by atoms with Crippen LogP contribution in [0.5, 0.6) is 0 Å². The maximum Gasteiger partial charge on any atom is 0.262 e. The molecule has 45 heavy (non-hydrogen) atoms. The first-order valence-corrected chi connectivity index (χ1v) is 16.3. The molecule has 11 nitrogen and oxygen atoms in total. The van der Waals surface area contributed by atoms with Crippen LogP contribution >= 0.6 is 0 Å².